The normalized spacial score (nSPS) is 32.6. The number of carbonyl (C=O) groups is 1. The molecule has 4 nitrogen and oxygen atoms in total. The molecule has 4 atom stereocenters. The third-order valence-corrected chi connectivity index (χ3v) is 5.34. The summed E-state index contributed by atoms with van der Waals surface area (Å²) in [4.78, 5) is 12.8. The van der Waals surface area contributed by atoms with Crippen molar-refractivity contribution in [2.45, 2.75) is 78.5 Å². The highest BCUT2D eigenvalue weighted by atomic mass is 16.8. The molecule has 1 aromatic carbocycles. The van der Waals surface area contributed by atoms with E-state index in [-0.39, 0.29) is 30.2 Å². The lowest BCUT2D eigenvalue weighted by atomic mass is 9.95. The summed E-state index contributed by atoms with van der Waals surface area (Å²) in [5.41, 5.74) is 3.60. The first kappa shape index (κ1) is 20.8. The molecule has 0 aliphatic carbocycles. The molecule has 0 bridgehead atoms. The van der Waals surface area contributed by atoms with Gasteiger partial charge in [-0.3, -0.25) is 0 Å². The Hall–Kier alpha value is -1.91. The molecule has 4 heteroatoms. The number of cyclic esters (lactones) is 1. The van der Waals surface area contributed by atoms with E-state index in [1.54, 1.807) is 0 Å². The van der Waals surface area contributed by atoms with E-state index in [9.17, 15) is 4.79 Å². The molecule has 28 heavy (non-hydrogen) atoms. The number of hydrogen-bond donors (Lipinski definition) is 0. The van der Waals surface area contributed by atoms with Crippen LogP contribution in [-0.4, -0.2) is 30.1 Å². The predicted molar refractivity (Wildman–Crippen MR) is 111 cm³/mol. The second kappa shape index (κ2) is 8.22. The van der Waals surface area contributed by atoms with Crippen molar-refractivity contribution in [3.8, 4) is 0 Å². The SMILES string of the molecule is Cc1cc(C)c2c(c1)/C=C/C[C@@H]1OC(C)(C)O[C@@H]1C(C)/C=C\C[C@H](C)OC2=O. The topological polar surface area (TPSA) is 44.8 Å². The molecule has 0 aromatic heterocycles. The maximum atomic E-state index is 12.8. The molecule has 0 N–H and O–H groups in total. The molecule has 2 aliphatic rings. The zero-order valence-corrected chi connectivity index (χ0v) is 17.8. The molecular formula is C24H32O4. The van der Waals surface area contributed by atoms with Gasteiger partial charge in [0.1, 0.15) is 6.10 Å². The Labute approximate surface area is 168 Å². The van der Waals surface area contributed by atoms with Gasteiger partial charge in [-0.15, -0.1) is 0 Å². The van der Waals surface area contributed by atoms with Crippen molar-refractivity contribution in [3.05, 3.63) is 52.6 Å². The lowest BCUT2D eigenvalue weighted by molar-refractivity contribution is -0.148. The van der Waals surface area contributed by atoms with Gasteiger partial charge >= 0.3 is 5.97 Å². The van der Waals surface area contributed by atoms with Gasteiger partial charge in [-0.05, 0) is 52.2 Å². The highest BCUT2D eigenvalue weighted by Crippen LogP contribution is 2.35. The van der Waals surface area contributed by atoms with Crippen LogP contribution in [-0.2, 0) is 14.2 Å². The van der Waals surface area contributed by atoms with Crippen LogP contribution in [0.25, 0.3) is 6.08 Å². The third-order valence-electron chi connectivity index (χ3n) is 5.34. The van der Waals surface area contributed by atoms with Gasteiger partial charge in [-0.25, -0.2) is 4.79 Å². The van der Waals surface area contributed by atoms with Gasteiger partial charge in [-0.1, -0.05) is 48.9 Å². The largest absolute Gasteiger partial charge is 0.459 e. The van der Waals surface area contributed by atoms with Crippen LogP contribution in [0.4, 0.5) is 0 Å². The number of esters is 1. The summed E-state index contributed by atoms with van der Waals surface area (Å²) in [7, 11) is 0. The summed E-state index contributed by atoms with van der Waals surface area (Å²) in [6, 6.07) is 4.06. The Morgan fingerprint density at radius 2 is 1.79 bits per heavy atom. The third kappa shape index (κ3) is 4.73. The molecule has 1 fully saturated rings. The van der Waals surface area contributed by atoms with Gasteiger partial charge in [0.05, 0.1) is 17.8 Å². The molecule has 152 valence electrons. The number of aryl methyl sites for hydroxylation is 2. The zero-order valence-electron chi connectivity index (χ0n) is 17.8. The number of rotatable bonds is 0. The summed E-state index contributed by atoms with van der Waals surface area (Å²) in [6.07, 6.45) is 9.51. The van der Waals surface area contributed by atoms with E-state index in [0.717, 1.165) is 23.1 Å². The number of fused-ring (bicyclic) bond motifs is 2. The second-order valence-electron chi connectivity index (χ2n) is 8.56. The maximum Gasteiger partial charge on any atom is 0.339 e. The first-order valence-electron chi connectivity index (χ1n) is 10.2. The first-order chi connectivity index (χ1) is 13.2. The monoisotopic (exact) mass is 384 g/mol. The van der Waals surface area contributed by atoms with Crippen molar-refractivity contribution in [2.24, 2.45) is 5.92 Å². The van der Waals surface area contributed by atoms with Gasteiger partial charge in [0.25, 0.3) is 0 Å². The van der Waals surface area contributed by atoms with E-state index in [1.807, 2.05) is 52.8 Å². The van der Waals surface area contributed by atoms with Gasteiger partial charge in [0.15, 0.2) is 5.79 Å². The maximum absolute atomic E-state index is 12.8. The quantitative estimate of drug-likeness (QED) is 0.446. The summed E-state index contributed by atoms with van der Waals surface area (Å²) in [6.45, 7) is 12.0. The fourth-order valence-electron chi connectivity index (χ4n) is 4.12. The Bertz CT molecular complexity index is 790. The average Bonchev–Trinajstić information content (AvgIpc) is 2.88. The van der Waals surface area contributed by atoms with Crippen LogP contribution in [0.15, 0.2) is 30.4 Å². The van der Waals surface area contributed by atoms with E-state index in [0.29, 0.717) is 12.0 Å². The highest BCUT2D eigenvalue weighted by molar-refractivity contribution is 5.95. The van der Waals surface area contributed by atoms with Crippen molar-refractivity contribution in [1.82, 2.24) is 0 Å². The number of ether oxygens (including phenoxy) is 3. The van der Waals surface area contributed by atoms with Crippen LogP contribution < -0.4 is 0 Å². The van der Waals surface area contributed by atoms with Gasteiger partial charge in [0.2, 0.25) is 0 Å². The van der Waals surface area contributed by atoms with Crippen LogP contribution in [0, 0.1) is 19.8 Å². The molecule has 0 saturated carbocycles. The van der Waals surface area contributed by atoms with Crippen LogP contribution in [0.3, 0.4) is 0 Å². The zero-order chi connectivity index (χ0) is 20.5. The standard InChI is InChI=1S/C24H32O4/c1-15-13-17(3)21-19(14-15)11-8-12-20-22(28-24(5,6)27-20)16(2)9-7-10-18(4)26-23(21)25/h7-9,11,13-14,16,18,20,22H,10,12H2,1-6H3/b9-7-,11-8+/t16?,18-,20-,22+/m0/s1. The predicted octanol–water partition coefficient (Wildman–Crippen LogP) is 5.37. The first-order valence-corrected chi connectivity index (χ1v) is 10.2. The molecule has 0 spiro atoms. The highest BCUT2D eigenvalue weighted by Gasteiger charge is 2.42. The van der Waals surface area contributed by atoms with Gasteiger partial charge < -0.3 is 14.2 Å². The van der Waals surface area contributed by atoms with Crippen molar-refractivity contribution in [3.63, 3.8) is 0 Å². The number of hydrogen-bond acceptors (Lipinski definition) is 4. The average molecular weight is 385 g/mol. The lowest BCUT2D eigenvalue weighted by Crippen LogP contribution is -2.28. The number of carbonyl (C=O) groups excluding carboxylic acids is 1. The fourth-order valence-corrected chi connectivity index (χ4v) is 4.12. The van der Waals surface area contributed by atoms with Crippen molar-refractivity contribution in [2.75, 3.05) is 0 Å². The molecule has 1 saturated heterocycles. The smallest absolute Gasteiger partial charge is 0.339 e. The lowest BCUT2D eigenvalue weighted by Gasteiger charge is -2.21. The molecule has 2 aliphatic heterocycles. The fraction of sp³-hybridized carbons (Fsp3) is 0.542. The van der Waals surface area contributed by atoms with E-state index in [1.165, 1.54) is 0 Å². The number of benzene rings is 1. The molecule has 1 unspecified atom stereocenters. The Balaban J connectivity index is 1.98. The summed E-state index contributed by atoms with van der Waals surface area (Å²) < 4.78 is 18.1. The van der Waals surface area contributed by atoms with Crippen molar-refractivity contribution in [1.29, 1.82) is 0 Å². The summed E-state index contributed by atoms with van der Waals surface area (Å²) in [5.74, 6) is -0.637. The molecule has 0 radical (unpaired) electrons. The molecule has 3 rings (SSSR count). The second-order valence-corrected chi connectivity index (χ2v) is 8.56. The minimum absolute atomic E-state index is 0.00425. The van der Waals surface area contributed by atoms with Crippen LogP contribution in [0.2, 0.25) is 0 Å². The Morgan fingerprint density at radius 1 is 1.04 bits per heavy atom. The molecular weight excluding hydrogens is 352 g/mol. The summed E-state index contributed by atoms with van der Waals surface area (Å²) >= 11 is 0. The molecule has 2 heterocycles. The Morgan fingerprint density at radius 3 is 2.54 bits per heavy atom. The molecule has 0 amide bonds. The van der Waals surface area contributed by atoms with E-state index >= 15 is 0 Å². The minimum Gasteiger partial charge on any atom is -0.459 e. The molecule has 1 aromatic rings. The van der Waals surface area contributed by atoms with Gasteiger partial charge in [-0.2, -0.15) is 0 Å². The van der Waals surface area contributed by atoms with E-state index in [2.05, 4.69) is 25.2 Å². The van der Waals surface area contributed by atoms with Crippen LogP contribution in [0.1, 0.15) is 67.6 Å². The van der Waals surface area contributed by atoms with E-state index < -0.39 is 5.79 Å². The minimum atomic E-state index is -0.587. The summed E-state index contributed by atoms with van der Waals surface area (Å²) in [5, 5.41) is 0. The van der Waals surface area contributed by atoms with E-state index in [4.69, 9.17) is 14.2 Å². The van der Waals surface area contributed by atoms with Crippen molar-refractivity contribution < 1.29 is 19.0 Å². The van der Waals surface area contributed by atoms with Crippen LogP contribution in [0.5, 0.6) is 0 Å². The van der Waals surface area contributed by atoms with Crippen LogP contribution >= 0.6 is 0 Å². The van der Waals surface area contributed by atoms with Crippen molar-refractivity contribution >= 4 is 12.0 Å². The van der Waals surface area contributed by atoms with Gasteiger partial charge in [0, 0.05) is 12.3 Å². The Kier molecular flexibility index (Phi) is 6.11.